The first-order valence-electron chi connectivity index (χ1n) is 1.15. The third kappa shape index (κ3) is 532. The molecule has 0 aliphatic heterocycles. The van der Waals surface area contributed by atoms with Crippen molar-refractivity contribution in [3.8, 4) is 0 Å². The minimum Gasteiger partial charge on any atom is -0.307 e. The summed E-state index contributed by atoms with van der Waals surface area (Å²) in [6, 6.07) is 0. The summed E-state index contributed by atoms with van der Waals surface area (Å²) in [6.45, 7) is 8.00. The molecule has 0 aromatic rings. The molecule has 0 heterocycles. The van der Waals surface area contributed by atoms with Crippen LogP contribution in [0, 0.1) is 0 Å². The van der Waals surface area contributed by atoms with Crippen molar-refractivity contribution in [3.05, 3.63) is 0 Å². The molecule has 0 saturated carbocycles. The summed E-state index contributed by atoms with van der Waals surface area (Å²) < 4.78 is 0. The first-order valence-corrected chi connectivity index (χ1v) is 1.15. The Morgan fingerprint density at radius 2 is 0.444 bits per heavy atom. The van der Waals surface area contributed by atoms with Crippen molar-refractivity contribution in [1.82, 2.24) is 0 Å². The molecule has 0 saturated heterocycles. The maximum absolute atomic E-state index is 8.00. The van der Waals surface area contributed by atoms with Gasteiger partial charge in [0.15, 0.2) is 0 Å². The molecule has 0 aromatic carbocycles. The molecular formula is C4H8O4Pt. The molecule has 58 valence electrons. The van der Waals surface area contributed by atoms with E-state index in [9.17, 15) is 0 Å². The predicted molar refractivity (Wildman–Crippen MR) is 28.5 cm³/mol. The zero-order valence-corrected chi connectivity index (χ0v) is 7.05. The molecule has 5 heteroatoms. The molecule has 0 aliphatic carbocycles. The van der Waals surface area contributed by atoms with E-state index in [1.165, 1.54) is 0 Å². The van der Waals surface area contributed by atoms with E-state index < -0.39 is 0 Å². The Hall–Kier alpha value is -0.632. The van der Waals surface area contributed by atoms with E-state index in [1.807, 2.05) is 27.2 Å². The molecular weight excluding hydrogens is 307 g/mol. The molecule has 4 nitrogen and oxygen atoms in total. The number of hydrogen-bond acceptors (Lipinski definition) is 4. The summed E-state index contributed by atoms with van der Waals surface area (Å²) in [6.07, 6.45) is 0. The van der Waals surface area contributed by atoms with Gasteiger partial charge in [-0.2, -0.15) is 0 Å². The molecule has 0 amide bonds. The average molecular weight is 315 g/mol. The minimum absolute atomic E-state index is 0. The third-order valence-corrected chi connectivity index (χ3v) is 0. The summed E-state index contributed by atoms with van der Waals surface area (Å²) in [5, 5.41) is 0. The summed E-state index contributed by atoms with van der Waals surface area (Å²) in [7, 11) is 0. The molecule has 9 heavy (non-hydrogen) atoms. The minimum atomic E-state index is 0. The summed E-state index contributed by atoms with van der Waals surface area (Å²) in [4.78, 5) is 32.0. The van der Waals surface area contributed by atoms with E-state index in [0.29, 0.717) is 0 Å². The van der Waals surface area contributed by atoms with Gasteiger partial charge in [-0.25, -0.2) is 0 Å². The zero-order valence-electron chi connectivity index (χ0n) is 4.78. The first-order chi connectivity index (χ1) is 4.00. The topological polar surface area (TPSA) is 68.3 Å². The fourth-order valence-electron chi connectivity index (χ4n) is 0. The van der Waals surface area contributed by atoms with Crippen LogP contribution in [0.4, 0.5) is 0 Å². The zero-order chi connectivity index (χ0) is 8.00. The van der Waals surface area contributed by atoms with Crippen LogP contribution in [0.3, 0.4) is 0 Å². The molecule has 0 radical (unpaired) electrons. The van der Waals surface area contributed by atoms with Crippen molar-refractivity contribution in [1.29, 1.82) is 0 Å². The second kappa shape index (κ2) is 749. The Kier molecular flexibility index (Phi) is 3330. The van der Waals surface area contributed by atoms with Gasteiger partial charge >= 0.3 is 0 Å². The molecule has 0 unspecified atom stereocenters. The van der Waals surface area contributed by atoms with Crippen molar-refractivity contribution in [2.45, 2.75) is 0 Å². The summed E-state index contributed by atoms with van der Waals surface area (Å²) >= 11 is 0. The Labute approximate surface area is 67.9 Å². The first kappa shape index (κ1) is 40.0. The van der Waals surface area contributed by atoms with Crippen LogP contribution in [0.1, 0.15) is 0 Å². The van der Waals surface area contributed by atoms with Crippen LogP contribution in [0.15, 0.2) is 0 Å². The van der Waals surface area contributed by atoms with Crippen molar-refractivity contribution < 1.29 is 40.2 Å². The quantitative estimate of drug-likeness (QED) is 0.590. The van der Waals surface area contributed by atoms with Crippen molar-refractivity contribution in [2.24, 2.45) is 0 Å². The van der Waals surface area contributed by atoms with Crippen molar-refractivity contribution in [3.63, 3.8) is 0 Å². The average Bonchev–Trinajstić information content (AvgIpc) is 2.03. The summed E-state index contributed by atoms with van der Waals surface area (Å²) in [5.41, 5.74) is 0. The fraction of sp³-hybridized carbons (Fsp3) is 0. The van der Waals surface area contributed by atoms with Crippen LogP contribution in [0.25, 0.3) is 0 Å². The number of hydrogen-bond donors (Lipinski definition) is 0. The maximum atomic E-state index is 8.00. The number of carbonyl (C=O) groups excluding carboxylic acids is 4. The van der Waals surface area contributed by atoms with E-state index in [-0.39, 0.29) is 21.1 Å². The summed E-state index contributed by atoms with van der Waals surface area (Å²) in [5.74, 6) is 0. The van der Waals surface area contributed by atoms with Gasteiger partial charge in [0.2, 0.25) is 0 Å². The van der Waals surface area contributed by atoms with Gasteiger partial charge in [0.25, 0.3) is 0 Å². The normalized spacial score (nSPS) is 1.78. The van der Waals surface area contributed by atoms with E-state index >= 15 is 0 Å². The maximum Gasteiger partial charge on any atom is 0.106 e. The van der Waals surface area contributed by atoms with Crippen LogP contribution in [0.5, 0.6) is 0 Å². The number of rotatable bonds is 0. The van der Waals surface area contributed by atoms with Gasteiger partial charge in [-0.1, -0.05) is 0 Å². The van der Waals surface area contributed by atoms with Gasteiger partial charge in [-0.05, 0) is 0 Å². The third-order valence-electron chi connectivity index (χ3n) is 0. The van der Waals surface area contributed by atoms with E-state index in [0.717, 1.165) is 0 Å². The predicted octanol–water partition coefficient (Wildman–Crippen LogP) is -0.742. The Bertz CT molecular complexity index is 20.5. The standard InChI is InChI=1S/4CH2O.Pt/c4*1-2;/h4*1H2;. The smallest absolute Gasteiger partial charge is 0.106 e. The van der Waals surface area contributed by atoms with E-state index in [1.54, 1.807) is 0 Å². The van der Waals surface area contributed by atoms with E-state index in [4.69, 9.17) is 19.2 Å². The Morgan fingerprint density at radius 3 is 0.444 bits per heavy atom. The van der Waals surface area contributed by atoms with Gasteiger partial charge in [-0.15, -0.1) is 0 Å². The van der Waals surface area contributed by atoms with Gasteiger partial charge in [0, 0.05) is 21.1 Å². The fourth-order valence-corrected chi connectivity index (χ4v) is 0. The van der Waals surface area contributed by atoms with Crippen LogP contribution in [0.2, 0.25) is 0 Å². The van der Waals surface area contributed by atoms with Gasteiger partial charge in [-0.3, -0.25) is 0 Å². The van der Waals surface area contributed by atoms with Gasteiger partial charge < -0.3 is 19.2 Å². The molecule has 0 bridgehead atoms. The molecule has 0 atom stereocenters. The van der Waals surface area contributed by atoms with Crippen LogP contribution < -0.4 is 0 Å². The molecule has 0 aromatic heterocycles. The molecule has 0 rings (SSSR count). The van der Waals surface area contributed by atoms with Crippen molar-refractivity contribution in [2.75, 3.05) is 0 Å². The van der Waals surface area contributed by atoms with Crippen LogP contribution in [-0.2, 0) is 40.2 Å². The van der Waals surface area contributed by atoms with Crippen LogP contribution >= 0.6 is 0 Å². The van der Waals surface area contributed by atoms with Gasteiger partial charge in [0.05, 0.1) is 0 Å². The van der Waals surface area contributed by atoms with Gasteiger partial charge in [0.1, 0.15) is 27.2 Å². The molecule has 0 N–H and O–H groups in total. The second-order valence-corrected chi connectivity index (χ2v) is 0. The monoisotopic (exact) mass is 315 g/mol. The van der Waals surface area contributed by atoms with Crippen LogP contribution in [-0.4, -0.2) is 27.2 Å². The number of carbonyl (C=O) groups is 4. The SMILES string of the molecule is C=O.C=O.C=O.C=O.[Pt]. The second-order valence-electron chi connectivity index (χ2n) is 0. The Balaban J connectivity index is -0.00000000762. The molecule has 0 fully saturated rings. The molecule has 0 aliphatic rings. The van der Waals surface area contributed by atoms with Crippen molar-refractivity contribution >= 4 is 27.2 Å². The molecule has 0 spiro atoms. The largest absolute Gasteiger partial charge is 0.307 e. The van der Waals surface area contributed by atoms with E-state index in [2.05, 4.69) is 0 Å². The Morgan fingerprint density at radius 1 is 0.444 bits per heavy atom.